The number of anilines is 1. The molecule has 0 aliphatic carbocycles. The monoisotopic (exact) mass is 261 g/mol. The van der Waals surface area contributed by atoms with Crippen molar-refractivity contribution in [1.29, 1.82) is 0 Å². The van der Waals surface area contributed by atoms with Gasteiger partial charge in [0, 0.05) is 6.04 Å². The van der Waals surface area contributed by atoms with Gasteiger partial charge in [0.15, 0.2) is 0 Å². The predicted octanol–water partition coefficient (Wildman–Crippen LogP) is 2.46. The highest BCUT2D eigenvalue weighted by Crippen LogP contribution is 2.33. The van der Waals surface area contributed by atoms with Crippen LogP contribution in [0.5, 0.6) is 0 Å². The van der Waals surface area contributed by atoms with E-state index in [1.165, 1.54) is 12.1 Å². The van der Waals surface area contributed by atoms with Crippen molar-refractivity contribution in [1.82, 2.24) is 0 Å². The summed E-state index contributed by atoms with van der Waals surface area (Å²) in [5.74, 6) is -0.969. The molecular formula is C14H15NO4. The first-order valence-electron chi connectivity index (χ1n) is 5.97. The van der Waals surface area contributed by atoms with Crippen LogP contribution in [0.3, 0.4) is 0 Å². The molecule has 1 aromatic rings. The van der Waals surface area contributed by atoms with Crippen LogP contribution in [0, 0.1) is 0 Å². The number of carbonyl (C=O) groups is 2. The number of ether oxygens (including phenoxy) is 1. The SMILES string of the molecule is C=CCOC(=O)N1c2ccc(C(=O)O)cc2C[C@H]1C. The summed E-state index contributed by atoms with van der Waals surface area (Å²) in [6.45, 7) is 5.55. The molecule has 0 aromatic heterocycles. The smallest absolute Gasteiger partial charge is 0.414 e. The average Bonchev–Trinajstić information content (AvgIpc) is 2.70. The van der Waals surface area contributed by atoms with Gasteiger partial charge in [0.05, 0.1) is 11.3 Å². The molecule has 0 fully saturated rings. The maximum atomic E-state index is 11.9. The largest absolute Gasteiger partial charge is 0.478 e. The lowest BCUT2D eigenvalue weighted by Gasteiger charge is -2.21. The van der Waals surface area contributed by atoms with Gasteiger partial charge in [0.1, 0.15) is 6.61 Å². The third-order valence-corrected chi connectivity index (χ3v) is 3.06. The number of aromatic carboxylic acids is 1. The fourth-order valence-electron chi connectivity index (χ4n) is 2.24. The van der Waals surface area contributed by atoms with E-state index in [-0.39, 0.29) is 18.2 Å². The van der Waals surface area contributed by atoms with Gasteiger partial charge in [0.2, 0.25) is 0 Å². The number of hydrogen-bond donors (Lipinski definition) is 1. The summed E-state index contributed by atoms with van der Waals surface area (Å²) in [5, 5.41) is 8.96. The number of benzene rings is 1. The molecule has 5 nitrogen and oxygen atoms in total. The van der Waals surface area contributed by atoms with Crippen LogP contribution in [0.25, 0.3) is 0 Å². The Bertz CT molecular complexity index is 538. The van der Waals surface area contributed by atoms with E-state index in [1.54, 1.807) is 17.0 Å². The van der Waals surface area contributed by atoms with Crippen molar-refractivity contribution < 1.29 is 19.4 Å². The highest BCUT2D eigenvalue weighted by Gasteiger charge is 2.32. The summed E-state index contributed by atoms with van der Waals surface area (Å²) in [5.41, 5.74) is 1.79. The molecule has 0 unspecified atom stereocenters. The Balaban J connectivity index is 2.29. The van der Waals surface area contributed by atoms with Gasteiger partial charge in [-0.2, -0.15) is 0 Å². The third-order valence-electron chi connectivity index (χ3n) is 3.06. The maximum Gasteiger partial charge on any atom is 0.414 e. The second-order valence-electron chi connectivity index (χ2n) is 4.44. The highest BCUT2D eigenvalue weighted by molar-refractivity contribution is 5.94. The Hall–Kier alpha value is -2.30. The molecule has 1 atom stereocenters. The fraction of sp³-hybridized carbons (Fsp3) is 0.286. The lowest BCUT2D eigenvalue weighted by Crippen LogP contribution is -2.36. The van der Waals surface area contributed by atoms with Crippen LogP contribution in [0.4, 0.5) is 10.5 Å². The van der Waals surface area contributed by atoms with Gasteiger partial charge >= 0.3 is 12.1 Å². The highest BCUT2D eigenvalue weighted by atomic mass is 16.6. The van der Waals surface area contributed by atoms with Gasteiger partial charge in [-0.15, -0.1) is 0 Å². The molecule has 2 rings (SSSR count). The summed E-state index contributed by atoms with van der Waals surface area (Å²) < 4.78 is 5.03. The Morgan fingerprint density at radius 1 is 1.58 bits per heavy atom. The Labute approximate surface area is 111 Å². The van der Waals surface area contributed by atoms with Gasteiger partial charge < -0.3 is 9.84 Å². The van der Waals surface area contributed by atoms with Gasteiger partial charge in [0.25, 0.3) is 0 Å². The molecule has 1 aliphatic heterocycles. The molecule has 0 saturated heterocycles. The van der Waals surface area contributed by atoms with Gasteiger partial charge in [-0.1, -0.05) is 12.7 Å². The molecule has 1 N–H and O–H groups in total. The first-order valence-corrected chi connectivity index (χ1v) is 5.97. The number of carboxylic acid groups (broad SMARTS) is 1. The lowest BCUT2D eigenvalue weighted by molar-refractivity contribution is 0.0696. The molecule has 1 aromatic carbocycles. The third kappa shape index (κ3) is 2.45. The number of hydrogen-bond acceptors (Lipinski definition) is 3. The zero-order chi connectivity index (χ0) is 14.0. The first-order chi connectivity index (χ1) is 9.04. The summed E-state index contributed by atoms with van der Waals surface area (Å²) in [6, 6.07) is 4.70. The van der Waals surface area contributed by atoms with Crippen LogP contribution >= 0.6 is 0 Å². The van der Waals surface area contributed by atoms with E-state index in [2.05, 4.69) is 6.58 Å². The minimum absolute atomic E-state index is 0.0450. The van der Waals surface area contributed by atoms with E-state index < -0.39 is 12.1 Å². The molecule has 0 spiro atoms. The topological polar surface area (TPSA) is 66.8 Å². The van der Waals surface area contributed by atoms with Crippen LogP contribution in [-0.2, 0) is 11.2 Å². The molecule has 100 valence electrons. The normalized spacial score (nSPS) is 16.9. The second-order valence-corrected chi connectivity index (χ2v) is 4.44. The number of rotatable bonds is 3. The molecule has 0 saturated carbocycles. The zero-order valence-corrected chi connectivity index (χ0v) is 10.6. The van der Waals surface area contributed by atoms with Crippen LogP contribution in [0.15, 0.2) is 30.9 Å². The Kier molecular flexibility index (Phi) is 3.55. The van der Waals surface area contributed by atoms with Crippen molar-refractivity contribution in [3.05, 3.63) is 42.0 Å². The predicted molar refractivity (Wildman–Crippen MR) is 70.6 cm³/mol. The number of carbonyl (C=O) groups excluding carboxylic acids is 1. The lowest BCUT2D eigenvalue weighted by atomic mass is 10.1. The summed E-state index contributed by atoms with van der Waals surface area (Å²) in [7, 11) is 0. The van der Waals surface area contributed by atoms with E-state index >= 15 is 0 Å². The Morgan fingerprint density at radius 2 is 2.32 bits per heavy atom. The minimum atomic E-state index is -0.969. The number of nitrogens with zero attached hydrogens (tertiary/aromatic N) is 1. The molecular weight excluding hydrogens is 246 g/mol. The molecule has 1 amide bonds. The zero-order valence-electron chi connectivity index (χ0n) is 10.6. The molecule has 19 heavy (non-hydrogen) atoms. The van der Waals surface area contributed by atoms with Gasteiger partial charge in [-0.05, 0) is 37.1 Å². The molecule has 5 heteroatoms. The van der Waals surface area contributed by atoms with E-state index in [9.17, 15) is 9.59 Å². The van der Waals surface area contributed by atoms with Crippen LogP contribution in [0.2, 0.25) is 0 Å². The maximum absolute atomic E-state index is 11.9. The van der Waals surface area contributed by atoms with E-state index in [0.717, 1.165) is 5.56 Å². The number of fused-ring (bicyclic) bond motifs is 1. The van der Waals surface area contributed by atoms with E-state index in [1.807, 2.05) is 6.92 Å². The van der Waals surface area contributed by atoms with Gasteiger partial charge in [-0.3, -0.25) is 4.90 Å². The average molecular weight is 261 g/mol. The fourth-order valence-corrected chi connectivity index (χ4v) is 2.24. The molecule has 0 radical (unpaired) electrons. The van der Waals surface area contributed by atoms with Crippen LogP contribution in [0.1, 0.15) is 22.8 Å². The first kappa shape index (κ1) is 13.1. The van der Waals surface area contributed by atoms with E-state index in [4.69, 9.17) is 9.84 Å². The van der Waals surface area contributed by atoms with Crippen molar-refractivity contribution in [3.63, 3.8) is 0 Å². The van der Waals surface area contributed by atoms with Crippen molar-refractivity contribution in [2.75, 3.05) is 11.5 Å². The van der Waals surface area contributed by atoms with Gasteiger partial charge in [-0.25, -0.2) is 9.59 Å². The second kappa shape index (κ2) is 5.14. The minimum Gasteiger partial charge on any atom is -0.478 e. The van der Waals surface area contributed by atoms with E-state index in [0.29, 0.717) is 12.1 Å². The summed E-state index contributed by atoms with van der Waals surface area (Å²) in [6.07, 6.45) is 1.70. The van der Waals surface area contributed by atoms with Crippen molar-refractivity contribution in [2.24, 2.45) is 0 Å². The Morgan fingerprint density at radius 3 is 2.95 bits per heavy atom. The quantitative estimate of drug-likeness (QED) is 0.849. The molecule has 1 aliphatic rings. The summed E-state index contributed by atoms with van der Waals surface area (Å²) >= 11 is 0. The molecule has 0 bridgehead atoms. The molecule has 1 heterocycles. The van der Waals surface area contributed by atoms with Crippen LogP contribution < -0.4 is 4.90 Å². The number of amides is 1. The van der Waals surface area contributed by atoms with Crippen molar-refractivity contribution >= 4 is 17.7 Å². The summed E-state index contributed by atoms with van der Waals surface area (Å²) in [4.78, 5) is 24.4. The van der Waals surface area contributed by atoms with Crippen molar-refractivity contribution in [3.8, 4) is 0 Å². The standard InChI is InChI=1S/C14H15NO4/c1-3-6-19-14(18)15-9(2)7-11-8-10(13(16)17)4-5-12(11)15/h3-5,8-9H,1,6-7H2,2H3,(H,16,17)/t9-/m1/s1. The van der Waals surface area contributed by atoms with Crippen molar-refractivity contribution in [2.45, 2.75) is 19.4 Å². The number of carboxylic acids is 1. The van der Waals surface area contributed by atoms with Crippen LogP contribution in [-0.4, -0.2) is 29.8 Å².